The number of alkyl halides is 2. The van der Waals surface area contributed by atoms with Crippen LogP contribution in [0.1, 0.15) is 35.7 Å². The predicted molar refractivity (Wildman–Crippen MR) is 115 cm³/mol. The number of fused-ring (bicyclic) bond motifs is 2. The summed E-state index contributed by atoms with van der Waals surface area (Å²) in [5.74, 6) is -2.88. The van der Waals surface area contributed by atoms with Crippen LogP contribution in [0.15, 0.2) is 17.1 Å². The number of carboxylic acid groups (broad SMARTS) is 1. The summed E-state index contributed by atoms with van der Waals surface area (Å²) in [4.78, 5) is 25.9. The van der Waals surface area contributed by atoms with Crippen molar-refractivity contribution in [2.24, 2.45) is 11.7 Å². The Balaban J connectivity index is 0.00000259. The highest BCUT2D eigenvalue weighted by molar-refractivity contribution is 5.97. The molecular weight excluding hydrogens is 467 g/mol. The zero-order chi connectivity index (χ0) is 22.8. The molecule has 180 valence electrons. The van der Waals surface area contributed by atoms with Crippen LogP contribution >= 0.6 is 12.4 Å². The molecule has 1 aromatic heterocycles. The summed E-state index contributed by atoms with van der Waals surface area (Å²) in [6.07, 6.45) is 3.19. The number of pyridine rings is 1. The van der Waals surface area contributed by atoms with E-state index in [9.17, 15) is 23.5 Å². The molecule has 8 nitrogen and oxygen atoms in total. The number of rotatable bonds is 6. The third-order valence-corrected chi connectivity index (χ3v) is 6.74. The molecule has 0 bridgehead atoms. The van der Waals surface area contributed by atoms with E-state index in [4.69, 9.17) is 15.2 Å². The van der Waals surface area contributed by atoms with Gasteiger partial charge in [-0.05, 0) is 25.3 Å². The van der Waals surface area contributed by atoms with Gasteiger partial charge in [0.15, 0.2) is 11.6 Å². The molecule has 2 saturated heterocycles. The molecule has 1 saturated carbocycles. The van der Waals surface area contributed by atoms with Crippen LogP contribution < -0.4 is 20.8 Å². The van der Waals surface area contributed by atoms with Crippen LogP contribution in [0.4, 0.5) is 18.9 Å². The molecule has 33 heavy (non-hydrogen) atoms. The molecule has 5 rings (SSSR count). The molecule has 2 atom stereocenters. The van der Waals surface area contributed by atoms with Crippen molar-refractivity contribution in [3.8, 4) is 5.75 Å². The molecule has 1 aromatic carbocycles. The van der Waals surface area contributed by atoms with Crippen molar-refractivity contribution in [3.05, 3.63) is 33.9 Å². The van der Waals surface area contributed by atoms with Gasteiger partial charge < -0.3 is 29.8 Å². The molecule has 0 amide bonds. The molecule has 1 aliphatic carbocycles. The number of nitrogens with zero attached hydrogens (tertiary/aromatic N) is 2. The average Bonchev–Trinajstić information content (AvgIpc) is 3.40. The Morgan fingerprint density at radius 2 is 2.09 bits per heavy atom. The lowest BCUT2D eigenvalue weighted by Crippen LogP contribution is -2.44. The number of anilines is 1. The van der Waals surface area contributed by atoms with Gasteiger partial charge in [-0.15, -0.1) is 12.4 Å². The highest BCUT2D eigenvalue weighted by Crippen LogP contribution is 2.48. The van der Waals surface area contributed by atoms with Gasteiger partial charge in [0.2, 0.25) is 5.43 Å². The summed E-state index contributed by atoms with van der Waals surface area (Å²) in [6.45, 7) is -2.03. The Morgan fingerprint density at radius 3 is 2.67 bits per heavy atom. The van der Waals surface area contributed by atoms with E-state index in [0.717, 1.165) is 12.3 Å². The van der Waals surface area contributed by atoms with E-state index < -0.39 is 40.7 Å². The van der Waals surface area contributed by atoms with Crippen LogP contribution in [0.25, 0.3) is 10.9 Å². The lowest BCUT2D eigenvalue weighted by Gasteiger charge is -2.28. The molecule has 0 radical (unpaired) electrons. The van der Waals surface area contributed by atoms with Crippen molar-refractivity contribution < 1.29 is 32.5 Å². The standard InChI is InChI=1S/C21H22F3N3O5.ClH/c22-14-5-12-15(27(11-1-2-11)7-13(17(12)28)19(29)30)18(32-20(23)24)16(14)26-6-10-3-4-31-21(10,8-25)9-26;/h5,7,10-11,20H,1-4,6,8-9,25H2,(H,29,30);1H/t10-,21?;/m0./s1. The number of benzene rings is 1. The number of halogens is 4. The van der Waals surface area contributed by atoms with Crippen LogP contribution in [0.2, 0.25) is 0 Å². The van der Waals surface area contributed by atoms with Crippen molar-refractivity contribution in [1.82, 2.24) is 4.57 Å². The molecule has 1 unspecified atom stereocenters. The maximum absolute atomic E-state index is 15.4. The molecule has 2 aromatic rings. The first kappa shape index (κ1) is 23.7. The summed E-state index contributed by atoms with van der Waals surface area (Å²) in [6, 6.07) is 0.729. The first-order valence-corrected chi connectivity index (χ1v) is 10.4. The van der Waals surface area contributed by atoms with Gasteiger partial charge in [0.1, 0.15) is 16.9 Å². The Kier molecular flexibility index (Phi) is 6.00. The van der Waals surface area contributed by atoms with E-state index in [1.165, 1.54) is 4.57 Å². The molecule has 0 spiro atoms. The van der Waals surface area contributed by atoms with Gasteiger partial charge in [0.05, 0.1) is 10.9 Å². The Bertz CT molecular complexity index is 1170. The highest BCUT2D eigenvalue weighted by atomic mass is 35.5. The van der Waals surface area contributed by atoms with Crippen molar-refractivity contribution in [2.75, 3.05) is 31.1 Å². The number of ether oxygens (including phenoxy) is 2. The second-order valence-electron chi connectivity index (χ2n) is 8.61. The third-order valence-electron chi connectivity index (χ3n) is 6.74. The van der Waals surface area contributed by atoms with Crippen LogP contribution in [-0.4, -0.2) is 54.1 Å². The summed E-state index contributed by atoms with van der Waals surface area (Å²) in [7, 11) is 0. The van der Waals surface area contributed by atoms with Crippen molar-refractivity contribution in [3.63, 3.8) is 0 Å². The first-order valence-electron chi connectivity index (χ1n) is 10.4. The topological polar surface area (TPSA) is 107 Å². The number of hydrogen-bond acceptors (Lipinski definition) is 6. The smallest absolute Gasteiger partial charge is 0.387 e. The second kappa shape index (κ2) is 8.37. The third kappa shape index (κ3) is 3.71. The lowest BCUT2D eigenvalue weighted by atomic mass is 9.91. The quantitative estimate of drug-likeness (QED) is 0.642. The van der Waals surface area contributed by atoms with Gasteiger partial charge in [0, 0.05) is 44.4 Å². The van der Waals surface area contributed by atoms with E-state index in [2.05, 4.69) is 0 Å². The van der Waals surface area contributed by atoms with Gasteiger partial charge in [-0.1, -0.05) is 0 Å². The monoisotopic (exact) mass is 489 g/mol. The van der Waals surface area contributed by atoms with Gasteiger partial charge in [-0.25, -0.2) is 9.18 Å². The van der Waals surface area contributed by atoms with Crippen LogP contribution in [0, 0.1) is 11.7 Å². The maximum Gasteiger partial charge on any atom is 0.387 e. The SMILES string of the molecule is Cl.NCC12CN(c3c(F)cc4c(=O)c(C(=O)O)cn(C5CC5)c4c3OC(F)F)C[C@@H]1CCO2. The second-order valence-corrected chi connectivity index (χ2v) is 8.61. The summed E-state index contributed by atoms with van der Waals surface area (Å²) in [5, 5.41) is 9.11. The van der Waals surface area contributed by atoms with E-state index in [1.807, 2.05) is 0 Å². The number of aromatic carboxylic acids is 1. The lowest BCUT2D eigenvalue weighted by molar-refractivity contribution is -0.0488. The van der Waals surface area contributed by atoms with Gasteiger partial charge in [0.25, 0.3) is 0 Å². The number of aromatic nitrogens is 1. The molecular formula is C21H23ClF3N3O5. The summed E-state index contributed by atoms with van der Waals surface area (Å²) < 4.78 is 54.5. The Morgan fingerprint density at radius 1 is 1.36 bits per heavy atom. The fourth-order valence-electron chi connectivity index (χ4n) is 5.06. The Hall–Kier alpha value is -2.50. The normalized spacial score (nSPS) is 24.3. The van der Waals surface area contributed by atoms with Crippen LogP contribution in [0.3, 0.4) is 0 Å². The average molecular weight is 490 g/mol. The van der Waals surface area contributed by atoms with Crippen molar-refractivity contribution in [1.29, 1.82) is 0 Å². The van der Waals surface area contributed by atoms with Crippen LogP contribution in [0.5, 0.6) is 5.75 Å². The molecule has 2 aliphatic heterocycles. The number of nitrogens with two attached hydrogens (primary N) is 1. The van der Waals surface area contributed by atoms with E-state index in [0.29, 0.717) is 32.4 Å². The fourth-order valence-corrected chi connectivity index (χ4v) is 5.06. The number of carboxylic acids is 1. The summed E-state index contributed by atoms with van der Waals surface area (Å²) in [5.41, 5.74) is 3.51. The summed E-state index contributed by atoms with van der Waals surface area (Å²) >= 11 is 0. The molecule has 3 heterocycles. The van der Waals surface area contributed by atoms with E-state index in [-0.39, 0.29) is 54.0 Å². The number of carbonyl (C=O) groups is 1. The minimum atomic E-state index is -3.28. The predicted octanol–water partition coefficient (Wildman–Crippen LogP) is 2.75. The zero-order valence-electron chi connectivity index (χ0n) is 17.4. The fraction of sp³-hybridized carbons (Fsp3) is 0.524. The first-order chi connectivity index (χ1) is 15.3. The zero-order valence-corrected chi connectivity index (χ0v) is 18.2. The van der Waals surface area contributed by atoms with E-state index in [1.54, 1.807) is 4.90 Å². The minimum Gasteiger partial charge on any atom is -0.477 e. The largest absolute Gasteiger partial charge is 0.477 e. The molecule has 12 heteroatoms. The minimum absolute atomic E-state index is 0. The highest BCUT2D eigenvalue weighted by Gasteiger charge is 2.51. The Labute approximate surface area is 192 Å². The molecule has 3 aliphatic rings. The molecule has 3 N–H and O–H groups in total. The van der Waals surface area contributed by atoms with Crippen molar-refractivity contribution >= 4 is 35.0 Å². The van der Waals surface area contributed by atoms with Gasteiger partial charge >= 0.3 is 12.6 Å². The van der Waals surface area contributed by atoms with Crippen molar-refractivity contribution in [2.45, 2.75) is 37.5 Å². The van der Waals surface area contributed by atoms with Gasteiger partial charge in [-0.2, -0.15) is 8.78 Å². The maximum atomic E-state index is 15.4. The molecule has 3 fully saturated rings. The number of hydrogen-bond donors (Lipinski definition) is 2. The van der Waals surface area contributed by atoms with E-state index >= 15 is 4.39 Å². The van der Waals surface area contributed by atoms with Gasteiger partial charge in [-0.3, -0.25) is 4.79 Å². The van der Waals surface area contributed by atoms with Crippen LogP contribution in [-0.2, 0) is 4.74 Å².